The highest BCUT2D eigenvalue weighted by molar-refractivity contribution is 5.93. The molecule has 18 heavy (non-hydrogen) atoms. The van der Waals surface area contributed by atoms with Gasteiger partial charge in [0.15, 0.2) is 0 Å². The fraction of sp³-hybridized carbons (Fsp3) is 0.429. The van der Waals surface area contributed by atoms with Gasteiger partial charge in [-0.2, -0.15) is 0 Å². The highest BCUT2D eigenvalue weighted by atomic mass is 16.6. The molecule has 0 unspecified atom stereocenters. The maximum atomic E-state index is 11.7. The quantitative estimate of drug-likeness (QED) is 0.838. The number of amides is 1. The predicted octanol–water partition coefficient (Wildman–Crippen LogP) is 2.99. The third-order valence-corrected chi connectivity index (χ3v) is 2.12. The van der Waals surface area contributed by atoms with Gasteiger partial charge in [-0.3, -0.25) is 4.79 Å². The Morgan fingerprint density at radius 3 is 2.17 bits per heavy atom. The lowest BCUT2D eigenvalue weighted by molar-refractivity contribution is -0.115. The number of hydrogen-bond donors (Lipinski definition) is 1. The van der Waals surface area contributed by atoms with Crippen LogP contribution in [0.2, 0.25) is 0 Å². The molecule has 0 aromatic heterocycles. The van der Waals surface area contributed by atoms with E-state index in [1.54, 1.807) is 31.2 Å². The smallest absolute Gasteiger partial charge is 0.338 e. The van der Waals surface area contributed by atoms with Gasteiger partial charge in [-0.1, -0.05) is 6.92 Å². The number of carbonyl (C=O) groups is 2. The van der Waals surface area contributed by atoms with E-state index >= 15 is 0 Å². The number of rotatable bonds is 3. The molecule has 0 aliphatic rings. The first kappa shape index (κ1) is 14.2. The summed E-state index contributed by atoms with van der Waals surface area (Å²) in [5.41, 5.74) is 0.639. The second kappa shape index (κ2) is 5.67. The van der Waals surface area contributed by atoms with E-state index in [0.717, 1.165) is 0 Å². The summed E-state index contributed by atoms with van der Waals surface area (Å²) in [6.07, 6.45) is 0.424. The molecule has 0 heterocycles. The molecule has 0 fully saturated rings. The molecule has 0 saturated carbocycles. The first-order valence-electron chi connectivity index (χ1n) is 5.95. The minimum Gasteiger partial charge on any atom is -0.456 e. The second-order valence-electron chi connectivity index (χ2n) is 4.98. The number of carbonyl (C=O) groups excluding carboxylic acids is 2. The summed E-state index contributed by atoms with van der Waals surface area (Å²) in [4.78, 5) is 22.9. The van der Waals surface area contributed by atoms with Crippen molar-refractivity contribution in [1.82, 2.24) is 0 Å². The molecule has 4 nitrogen and oxygen atoms in total. The third-order valence-electron chi connectivity index (χ3n) is 2.12. The minimum absolute atomic E-state index is 0.0555. The molecule has 0 bridgehead atoms. The summed E-state index contributed by atoms with van der Waals surface area (Å²) in [5.74, 6) is -0.420. The molecule has 4 heteroatoms. The van der Waals surface area contributed by atoms with Gasteiger partial charge in [0.05, 0.1) is 5.56 Å². The Morgan fingerprint density at radius 1 is 1.17 bits per heavy atom. The summed E-state index contributed by atoms with van der Waals surface area (Å²) in [5, 5.41) is 2.71. The van der Waals surface area contributed by atoms with Gasteiger partial charge in [-0.25, -0.2) is 4.79 Å². The minimum atomic E-state index is -0.508. The summed E-state index contributed by atoms with van der Waals surface area (Å²) in [7, 11) is 0. The fourth-order valence-electron chi connectivity index (χ4n) is 1.28. The molecule has 0 aliphatic heterocycles. The van der Waals surface area contributed by atoms with Crippen LogP contribution in [-0.2, 0) is 9.53 Å². The number of esters is 1. The van der Waals surface area contributed by atoms with Crippen molar-refractivity contribution in [2.45, 2.75) is 39.7 Å². The molecule has 1 aromatic carbocycles. The van der Waals surface area contributed by atoms with Crippen LogP contribution in [-0.4, -0.2) is 17.5 Å². The zero-order chi connectivity index (χ0) is 13.8. The summed E-state index contributed by atoms with van der Waals surface area (Å²) < 4.78 is 5.24. The van der Waals surface area contributed by atoms with Crippen LogP contribution in [0.15, 0.2) is 24.3 Å². The van der Waals surface area contributed by atoms with Crippen LogP contribution in [0.1, 0.15) is 44.5 Å². The Labute approximate surface area is 107 Å². The monoisotopic (exact) mass is 249 g/mol. The molecule has 1 N–H and O–H groups in total. The summed E-state index contributed by atoms with van der Waals surface area (Å²) >= 11 is 0. The van der Waals surface area contributed by atoms with Gasteiger partial charge in [-0.05, 0) is 45.0 Å². The Balaban J connectivity index is 2.71. The Morgan fingerprint density at radius 2 is 1.72 bits per heavy atom. The van der Waals surface area contributed by atoms with Crippen LogP contribution in [0.3, 0.4) is 0 Å². The van der Waals surface area contributed by atoms with Crippen molar-refractivity contribution in [3.05, 3.63) is 29.8 Å². The highest BCUT2D eigenvalue weighted by Crippen LogP contribution is 2.14. The van der Waals surface area contributed by atoms with Gasteiger partial charge in [0.25, 0.3) is 0 Å². The SMILES string of the molecule is CCC(=O)Nc1ccc(C(=O)OC(C)(C)C)cc1. The molecule has 0 aliphatic carbocycles. The van der Waals surface area contributed by atoms with Crippen molar-refractivity contribution >= 4 is 17.6 Å². The second-order valence-corrected chi connectivity index (χ2v) is 4.98. The van der Waals surface area contributed by atoms with Crippen LogP contribution >= 0.6 is 0 Å². The first-order chi connectivity index (χ1) is 8.31. The number of ether oxygens (including phenoxy) is 1. The van der Waals surface area contributed by atoms with Crippen LogP contribution in [0.5, 0.6) is 0 Å². The Hall–Kier alpha value is -1.84. The maximum absolute atomic E-state index is 11.7. The van der Waals surface area contributed by atoms with Crippen molar-refractivity contribution in [2.75, 3.05) is 5.32 Å². The van der Waals surface area contributed by atoms with Crippen LogP contribution in [0, 0.1) is 0 Å². The van der Waals surface area contributed by atoms with Crippen LogP contribution in [0.4, 0.5) is 5.69 Å². The maximum Gasteiger partial charge on any atom is 0.338 e. The van der Waals surface area contributed by atoms with Gasteiger partial charge in [0.2, 0.25) is 5.91 Å². The van der Waals surface area contributed by atoms with Gasteiger partial charge in [0, 0.05) is 12.1 Å². The van der Waals surface area contributed by atoms with Crippen molar-refractivity contribution < 1.29 is 14.3 Å². The average Bonchev–Trinajstić information content (AvgIpc) is 2.27. The van der Waals surface area contributed by atoms with Gasteiger partial charge in [0.1, 0.15) is 5.60 Å². The van der Waals surface area contributed by atoms with E-state index in [1.165, 1.54) is 0 Å². The normalized spacial score (nSPS) is 10.9. The summed E-state index contributed by atoms with van der Waals surface area (Å²) in [6, 6.07) is 6.65. The Kier molecular flexibility index (Phi) is 4.48. The van der Waals surface area contributed by atoms with Crippen molar-refractivity contribution in [1.29, 1.82) is 0 Å². The average molecular weight is 249 g/mol. The van der Waals surface area contributed by atoms with E-state index in [1.807, 2.05) is 20.8 Å². The standard InChI is InChI=1S/C14H19NO3/c1-5-12(16)15-11-8-6-10(7-9-11)13(17)18-14(2,3)4/h6-9H,5H2,1-4H3,(H,15,16). The van der Waals surface area contributed by atoms with E-state index in [2.05, 4.69) is 5.32 Å². The highest BCUT2D eigenvalue weighted by Gasteiger charge is 2.17. The lowest BCUT2D eigenvalue weighted by Gasteiger charge is -2.19. The lowest BCUT2D eigenvalue weighted by Crippen LogP contribution is -2.23. The van der Waals surface area contributed by atoms with E-state index < -0.39 is 5.60 Å². The van der Waals surface area contributed by atoms with E-state index in [4.69, 9.17) is 4.74 Å². The van der Waals surface area contributed by atoms with Crippen LogP contribution in [0.25, 0.3) is 0 Å². The largest absolute Gasteiger partial charge is 0.456 e. The molecular weight excluding hydrogens is 230 g/mol. The topological polar surface area (TPSA) is 55.4 Å². The van der Waals surface area contributed by atoms with E-state index in [9.17, 15) is 9.59 Å². The molecule has 98 valence electrons. The van der Waals surface area contributed by atoms with Gasteiger partial charge >= 0.3 is 5.97 Å². The predicted molar refractivity (Wildman–Crippen MR) is 70.5 cm³/mol. The van der Waals surface area contributed by atoms with Crippen molar-refractivity contribution in [2.24, 2.45) is 0 Å². The molecule has 0 saturated heterocycles. The third kappa shape index (κ3) is 4.57. The Bertz CT molecular complexity index is 429. The lowest BCUT2D eigenvalue weighted by atomic mass is 10.1. The first-order valence-corrected chi connectivity index (χ1v) is 5.95. The molecule has 0 atom stereocenters. The molecule has 1 rings (SSSR count). The molecule has 0 radical (unpaired) electrons. The van der Waals surface area contributed by atoms with Crippen LogP contribution < -0.4 is 5.32 Å². The molecular formula is C14H19NO3. The van der Waals surface area contributed by atoms with E-state index in [0.29, 0.717) is 17.7 Å². The number of hydrogen-bond acceptors (Lipinski definition) is 3. The fourth-order valence-corrected chi connectivity index (χ4v) is 1.28. The molecule has 1 aromatic rings. The molecule has 0 spiro atoms. The van der Waals surface area contributed by atoms with Gasteiger partial charge < -0.3 is 10.1 Å². The number of nitrogens with one attached hydrogen (secondary N) is 1. The van der Waals surface area contributed by atoms with Crippen molar-refractivity contribution in [3.8, 4) is 0 Å². The van der Waals surface area contributed by atoms with E-state index in [-0.39, 0.29) is 11.9 Å². The van der Waals surface area contributed by atoms with Crippen molar-refractivity contribution in [3.63, 3.8) is 0 Å². The molecule has 1 amide bonds. The van der Waals surface area contributed by atoms with Gasteiger partial charge in [-0.15, -0.1) is 0 Å². The summed E-state index contributed by atoms with van der Waals surface area (Å²) in [6.45, 7) is 7.24. The number of benzene rings is 1. The zero-order valence-corrected chi connectivity index (χ0v) is 11.2. The number of anilines is 1. The zero-order valence-electron chi connectivity index (χ0n) is 11.2.